The summed E-state index contributed by atoms with van der Waals surface area (Å²) in [6.07, 6.45) is 4.16. The number of hydrogen-bond acceptors (Lipinski definition) is 2. The van der Waals surface area contributed by atoms with Crippen LogP contribution in [0.2, 0.25) is 0 Å². The third-order valence-electron chi connectivity index (χ3n) is 1.03. The van der Waals surface area contributed by atoms with Gasteiger partial charge in [0.25, 0.3) is 0 Å². The Kier molecular flexibility index (Phi) is 3.25. The number of aliphatic hydroxyl groups is 2. The van der Waals surface area contributed by atoms with Gasteiger partial charge in [-0.1, -0.05) is 0 Å². The van der Waals surface area contributed by atoms with E-state index in [2.05, 4.69) is 5.92 Å². The van der Waals surface area contributed by atoms with Crippen molar-refractivity contribution in [3.63, 3.8) is 0 Å². The molecule has 0 saturated carbocycles. The van der Waals surface area contributed by atoms with E-state index in [1.165, 1.54) is 0 Å². The van der Waals surface area contributed by atoms with Crippen molar-refractivity contribution in [3.8, 4) is 12.3 Å². The van der Waals surface area contributed by atoms with Crippen LogP contribution in [0, 0.1) is 18.3 Å². The van der Waals surface area contributed by atoms with Gasteiger partial charge >= 0.3 is 0 Å². The molecular formula is C6H10O2. The van der Waals surface area contributed by atoms with Crippen LogP contribution < -0.4 is 0 Å². The summed E-state index contributed by atoms with van der Waals surface area (Å²) < 4.78 is 0. The Morgan fingerprint density at radius 2 is 2.25 bits per heavy atom. The molecule has 0 aromatic carbocycles. The van der Waals surface area contributed by atoms with Crippen molar-refractivity contribution in [1.82, 2.24) is 0 Å². The van der Waals surface area contributed by atoms with Crippen molar-refractivity contribution in [2.75, 3.05) is 6.61 Å². The topological polar surface area (TPSA) is 40.5 Å². The maximum absolute atomic E-state index is 8.73. The molecule has 0 amide bonds. The normalized spacial score (nSPS) is 16.8. The molecule has 2 N–H and O–H groups in total. The molecular weight excluding hydrogens is 104 g/mol. The fraction of sp³-hybridized carbons (Fsp3) is 0.667. The summed E-state index contributed by atoms with van der Waals surface area (Å²) in [7, 11) is 0. The molecule has 0 unspecified atom stereocenters. The minimum Gasteiger partial charge on any atom is -0.394 e. The van der Waals surface area contributed by atoms with E-state index in [1.807, 2.05) is 0 Å². The van der Waals surface area contributed by atoms with E-state index in [9.17, 15) is 0 Å². The molecule has 2 atom stereocenters. The quantitative estimate of drug-likeness (QED) is 0.480. The first-order valence-electron chi connectivity index (χ1n) is 2.47. The maximum atomic E-state index is 8.73. The van der Waals surface area contributed by atoms with E-state index < -0.39 is 6.10 Å². The van der Waals surface area contributed by atoms with Gasteiger partial charge in [0.15, 0.2) is 0 Å². The highest BCUT2D eigenvalue weighted by Gasteiger charge is 2.07. The molecule has 0 aromatic heterocycles. The van der Waals surface area contributed by atoms with Crippen LogP contribution in [0.25, 0.3) is 0 Å². The minimum atomic E-state index is -0.764. The van der Waals surface area contributed by atoms with E-state index in [1.54, 1.807) is 6.92 Å². The van der Waals surface area contributed by atoms with Gasteiger partial charge in [0.2, 0.25) is 0 Å². The Bertz CT molecular complexity index is 93.2. The van der Waals surface area contributed by atoms with Crippen LogP contribution in [-0.4, -0.2) is 22.9 Å². The summed E-state index contributed by atoms with van der Waals surface area (Å²) >= 11 is 0. The van der Waals surface area contributed by atoms with Crippen LogP contribution >= 0.6 is 0 Å². The molecule has 0 aliphatic rings. The molecule has 0 fully saturated rings. The van der Waals surface area contributed by atoms with E-state index in [4.69, 9.17) is 16.6 Å². The molecule has 0 aromatic rings. The monoisotopic (exact) mass is 114 g/mol. The highest BCUT2D eigenvalue weighted by atomic mass is 16.3. The Balaban J connectivity index is 3.49. The van der Waals surface area contributed by atoms with Gasteiger partial charge in [-0.2, -0.15) is 0 Å². The van der Waals surface area contributed by atoms with Crippen molar-refractivity contribution in [2.24, 2.45) is 5.92 Å². The van der Waals surface area contributed by atoms with Crippen molar-refractivity contribution >= 4 is 0 Å². The van der Waals surface area contributed by atoms with Crippen molar-refractivity contribution in [3.05, 3.63) is 0 Å². The van der Waals surface area contributed by atoms with Crippen molar-refractivity contribution in [1.29, 1.82) is 0 Å². The van der Waals surface area contributed by atoms with Crippen molar-refractivity contribution in [2.45, 2.75) is 13.0 Å². The molecule has 2 nitrogen and oxygen atoms in total. The lowest BCUT2D eigenvalue weighted by Crippen LogP contribution is -2.19. The molecule has 0 aliphatic carbocycles. The van der Waals surface area contributed by atoms with Gasteiger partial charge in [-0.15, -0.1) is 12.3 Å². The zero-order valence-corrected chi connectivity index (χ0v) is 4.83. The number of terminal acetylenes is 1. The van der Waals surface area contributed by atoms with E-state index >= 15 is 0 Å². The zero-order valence-electron chi connectivity index (χ0n) is 4.83. The second-order valence-electron chi connectivity index (χ2n) is 1.71. The van der Waals surface area contributed by atoms with Crippen LogP contribution in [-0.2, 0) is 0 Å². The lowest BCUT2D eigenvalue weighted by Gasteiger charge is -2.08. The fourth-order valence-electron chi connectivity index (χ4n) is 0.269. The first-order chi connectivity index (χ1) is 3.72. The molecule has 0 spiro atoms. The summed E-state index contributed by atoms with van der Waals surface area (Å²) in [5.41, 5.74) is 0. The molecule has 46 valence electrons. The van der Waals surface area contributed by atoms with Crippen LogP contribution in [0.1, 0.15) is 6.92 Å². The fourth-order valence-corrected chi connectivity index (χ4v) is 0.269. The van der Waals surface area contributed by atoms with E-state index in [0.717, 1.165) is 0 Å². The molecule has 0 rings (SSSR count). The van der Waals surface area contributed by atoms with Gasteiger partial charge in [-0.3, -0.25) is 0 Å². The number of rotatable bonds is 2. The standard InChI is InChI=1S/C6H10O2/c1-3-5(2)6(8)4-7/h1,5-8H,4H2,2H3/t5-,6-/m1/s1. The van der Waals surface area contributed by atoms with Crippen LogP contribution in [0.5, 0.6) is 0 Å². The first kappa shape index (κ1) is 7.48. The first-order valence-corrected chi connectivity index (χ1v) is 2.47. The predicted molar refractivity (Wildman–Crippen MR) is 31.1 cm³/mol. The van der Waals surface area contributed by atoms with Crippen LogP contribution in [0.3, 0.4) is 0 Å². The summed E-state index contributed by atoms with van der Waals surface area (Å²) in [5, 5.41) is 17.0. The largest absolute Gasteiger partial charge is 0.394 e. The molecule has 0 bridgehead atoms. The molecule has 2 heteroatoms. The Morgan fingerprint density at radius 1 is 1.75 bits per heavy atom. The second kappa shape index (κ2) is 3.48. The van der Waals surface area contributed by atoms with Gasteiger partial charge < -0.3 is 10.2 Å². The van der Waals surface area contributed by atoms with E-state index in [0.29, 0.717) is 0 Å². The third-order valence-corrected chi connectivity index (χ3v) is 1.03. The zero-order chi connectivity index (χ0) is 6.57. The Morgan fingerprint density at radius 3 is 2.38 bits per heavy atom. The smallest absolute Gasteiger partial charge is 0.0905 e. The highest BCUT2D eigenvalue weighted by molar-refractivity contribution is 4.93. The van der Waals surface area contributed by atoms with Crippen LogP contribution in [0.15, 0.2) is 0 Å². The molecule has 0 saturated heterocycles. The average Bonchev–Trinajstić information content (AvgIpc) is 1.84. The summed E-state index contributed by atoms with van der Waals surface area (Å²) in [4.78, 5) is 0. The van der Waals surface area contributed by atoms with Crippen molar-refractivity contribution < 1.29 is 10.2 Å². The van der Waals surface area contributed by atoms with Crippen LogP contribution in [0.4, 0.5) is 0 Å². The second-order valence-corrected chi connectivity index (χ2v) is 1.71. The minimum absolute atomic E-state index is 0.250. The third kappa shape index (κ3) is 1.97. The molecule has 0 aliphatic heterocycles. The lowest BCUT2D eigenvalue weighted by molar-refractivity contribution is 0.0713. The van der Waals surface area contributed by atoms with E-state index in [-0.39, 0.29) is 12.5 Å². The summed E-state index contributed by atoms with van der Waals surface area (Å²) in [6, 6.07) is 0. The number of aliphatic hydroxyl groups excluding tert-OH is 2. The summed E-state index contributed by atoms with van der Waals surface area (Å²) in [6.45, 7) is 1.42. The van der Waals surface area contributed by atoms with Gasteiger partial charge in [0, 0.05) is 5.92 Å². The van der Waals surface area contributed by atoms with Gasteiger partial charge in [-0.05, 0) is 6.92 Å². The summed E-state index contributed by atoms with van der Waals surface area (Å²) in [5.74, 6) is 2.06. The Hall–Kier alpha value is -0.520. The average molecular weight is 114 g/mol. The van der Waals surface area contributed by atoms with Gasteiger partial charge in [0.1, 0.15) is 0 Å². The predicted octanol–water partition coefficient (Wildman–Crippen LogP) is -0.391. The SMILES string of the molecule is C#C[C@@H](C)[C@H](O)CO. The van der Waals surface area contributed by atoms with Gasteiger partial charge in [-0.25, -0.2) is 0 Å². The molecule has 0 heterocycles. The lowest BCUT2D eigenvalue weighted by atomic mass is 10.1. The number of hydrogen-bond donors (Lipinski definition) is 2. The van der Waals surface area contributed by atoms with Gasteiger partial charge in [0.05, 0.1) is 12.7 Å². The molecule has 0 radical (unpaired) electrons. The highest BCUT2D eigenvalue weighted by Crippen LogP contribution is 1.97. The molecule has 8 heavy (non-hydrogen) atoms. The Labute approximate surface area is 49.2 Å². The maximum Gasteiger partial charge on any atom is 0.0905 e.